The number of rotatable bonds is 5. The van der Waals surface area contributed by atoms with Gasteiger partial charge in [-0.2, -0.15) is 0 Å². The van der Waals surface area contributed by atoms with Crippen molar-refractivity contribution in [3.05, 3.63) is 29.8 Å². The lowest BCUT2D eigenvalue weighted by Crippen LogP contribution is -2.43. The second-order valence-electron chi connectivity index (χ2n) is 5.15. The molecule has 116 valence electrons. The van der Waals surface area contributed by atoms with E-state index in [0.717, 1.165) is 43.6 Å². The molecule has 0 aliphatic carbocycles. The number of hydrogen-bond acceptors (Lipinski definition) is 6. The first-order chi connectivity index (χ1) is 10.1. The molecule has 1 aromatic rings. The molecule has 0 radical (unpaired) electrons. The van der Waals surface area contributed by atoms with Crippen molar-refractivity contribution in [1.29, 1.82) is 0 Å². The standard InChI is InChI=1S/C15H22N2O3S/c1-11(18)21-10-14(19)15(20)12-3-2-4-13(9-12)17-7-5-16-6-8-17/h2-4,9,14-16,19-20H,5-8,10H2,1H3. The molecule has 2 atom stereocenters. The van der Waals surface area contributed by atoms with Gasteiger partial charge in [-0.1, -0.05) is 23.9 Å². The van der Waals surface area contributed by atoms with E-state index >= 15 is 0 Å². The SMILES string of the molecule is CC(=O)SCC(O)C(O)c1cccc(N2CCNCC2)c1. The number of carbonyl (C=O) groups is 1. The summed E-state index contributed by atoms with van der Waals surface area (Å²) in [7, 11) is 0. The Morgan fingerprint density at radius 1 is 1.38 bits per heavy atom. The van der Waals surface area contributed by atoms with Crippen molar-refractivity contribution in [3.63, 3.8) is 0 Å². The van der Waals surface area contributed by atoms with Crippen LogP contribution in [0.3, 0.4) is 0 Å². The van der Waals surface area contributed by atoms with Crippen LogP contribution in [0.2, 0.25) is 0 Å². The van der Waals surface area contributed by atoms with Crippen molar-refractivity contribution in [2.24, 2.45) is 0 Å². The molecule has 2 rings (SSSR count). The molecule has 0 bridgehead atoms. The van der Waals surface area contributed by atoms with Crippen LogP contribution in [0.1, 0.15) is 18.6 Å². The van der Waals surface area contributed by atoms with Crippen LogP contribution in [0, 0.1) is 0 Å². The van der Waals surface area contributed by atoms with Crippen LogP contribution < -0.4 is 10.2 Å². The molecule has 0 saturated carbocycles. The Morgan fingerprint density at radius 2 is 2.10 bits per heavy atom. The molecule has 2 unspecified atom stereocenters. The number of aliphatic hydroxyl groups is 2. The van der Waals surface area contributed by atoms with Gasteiger partial charge in [0.1, 0.15) is 6.10 Å². The zero-order valence-corrected chi connectivity index (χ0v) is 13.0. The zero-order valence-electron chi connectivity index (χ0n) is 12.2. The third-order valence-corrected chi connectivity index (χ3v) is 4.43. The van der Waals surface area contributed by atoms with E-state index in [1.165, 1.54) is 6.92 Å². The van der Waals surface area contributed by atoms with Gasteiger partial charge in [0.15, 0.2) is 5.12 Å². The van der Waals surface area contributed by atoms with Crippen molar-refractivity contribution in [3.8, 4) is 0 Å². The number of nitrogens with one attached hydrogen (secondary N) is 1. The van der Waals surface area contributed by atoms with Gasteiger partial charge in [0.05, 0.1) is 6.10 Å². The molecule has 21 heavy (non-hydrogen) atoms. The van der Waals surface area contributed by atoms with E-state index in [9.17, 15) is 15.0 Å². The number of piperazine rings is 1. The average Bonchev–Trinajstić information content (AvgIpc) is 2.52. The van der Waals surface area contributed by atoms with E-state index in [4.69, 9.17) is 0 Å². The maximum absolute atomic E-state index is 10.9. The number of thioether (sulfide) groups is 1. The number of benzene rings is 1. The lowest BCUT2D eigenvalue weighted by molar-refractivity contribution is -0.109. The minimum absolute atomic E-state index is 0.0594. The van der Waals surface area contributed by atoms with Crippen molar-refractivity contribution < 1.29 is 15.0 Å². The highest BCUT2D eigenvalue weighted by Gasteiger charge is 2.20. The predicted octanol–water partition coefficient (Wildman–Crippen LogP) is 0.770. The molecule has 1 heterocycles. The van der Waals surface area contributed by atoms with E-state index in [1.807, 2.05) is 18.2 Å². The molecule has 1 aromatic carbocycles. The lowest BCUT2D eigenvalue weighted by atomic mass is 10.0. The fourth-order valence-corrected chi connectivity index (χ4v) is 2.93. The van der Waals surface area contributed by atoms with Gasteiger partial charge in [-0.15, -0.1) is 0 Å². The topological polar surface area (TPSA) is 72.8 Å². The summed E-state index contributed by atoms with van der Waals surface area (Å²) >= 11 is 1.03. The van der Waals surface area contributed by atoms with Crippen LogP contribution >= 0.6 is 11.8 Å². The molecule has 0 spiro atoms. The van der Waals surface area contributed by atoms with E-state index in [-0.39, 0.29) is 10.9 Å². The smallest absolute Gasteiger partial charge is 0.185 e. The molecular weight excluding hydrogens is 288 g/mol. The van der Waals surface area contributed by atoms with E-state index in [1.54, 1.807) is 6.07 Å². The Hall–Kier alpha value is -1.08. The van der Waals surface area contributed by atoms with Crippen LogP contribution in [-0.2, 0) is 4.79 Å². The Bertz CT molecular complexity index is 478. The first-order valence-corrected chi connectivity index (χ1v) is 8.11. The van der Waals surface area contributed by atoms with Gasteiger partial charge in [0, 0.05) is 44.5 Å². The van der Waals surface area contributed by atoms with Crippen LogP contribution in [0.15, 0.2) is 24.3 Å². The molecule has 5 nitrogen and oxygen atoms in total. The largest absolute Gasteiger partial charge is 0.389 e. The van der Waals surface area contributed by atoms with Crippen LogP contribution in [0.4, 0.5) is 5.69 Å². The molecule has 1 aliphatic rings. The van der Waals surface area contributed by atoms with Crippen molar-refractivity contribution in [1.82, 2.24) is 5.32 Å². The second-order valence-corrected chi connectivity index (χ2v) is 6.34. The summed E-state index contributed by atoms with van der Waals surface area (Å²) in [4.78, 5) is 13.2. The summed E-state index contributed by atoms with van der Waals surface area (Å²) in [5, 5.41) is 23.4. The quantitative estimate of drug-likeness (QED) is 0.746. The van der Waals surface area contributed by atoms with Gasteiger partial charge in [0.2, 0.25) is 0 Å². The fraction of sp³-hybridized carbons (Fsp3) is 0.533. The maximum Gasteiger partial charge on any atom is 0.185 e. The highest BCUT2D eigenvalue weighted by atomic mass is 32.2. The van der Waals surface area contributed by atoms with Gasteiger partial charge in [-0.05, 0) is 17.7 Å². The van der Waals surface area contributed by atoms with E-state index in [0.29, 0.717) is 5.56 Å². The molecule has 3 N–H and O–H groups in total. The van der Waals surface area contributed by atoms with E-state index in [2.05, 4.69) is 10.2 Å². The number of aliphatic hydroxyl groups excluding tert-OH is 2. The third kappa shape index (κ3) is 4.71. The summed E-state index contributed by atoms with van der Waals surface area (Å²) in [5.41, 5.74) is 1.74. The number of nitrogens with zero attached hydrogens (tertiary/aromatic N) is 1. The summed E-state index contributed by atoms with van der Waals surface area (Å²) in [6.45, 7) is 5.22. The van der Waals surface area contributed by atoms with Gasteiger partial charge >= 0.3 is 0 Å². The van der Waals surface area contributed by atoms with Crippen LogP contribution in [0.25, 0.3) is 0 Å². The van der Waals surface area contributed by atoms with Crippen molar-refractivity contribution in [2.45, 2.75) is 19.1 Å². The Morgan fingerprint density at radius 3 is 2.76 bits per heavy atom. The van der Waals surface area contributed by atoms with Gasteiger partial charge in [-0.3, -0.25) is 4.79 Å². The lowest BCUT2D eigenvalue weighted by Gasteiger charge is -2.30. The average molecular weight is 310 g/mol. The predicted molar refractivity (Wildman–Crippen MR) is 85.6 cm³/mol. The molecule has 1 saturated heterocycles. The number of hydrogen-bond donors (Lipinski definition) is 3. The molecule has 1 fully saturated rings. The molecular formula is C15H22N2O3S. The highest BCUT2D eigenvalue weighted by molar-refractivity contribution is 8.13. The normalized spacial score (nSPS) is 18.3. The monoisotopic (exact) mass is 310 g/mol. The fourth-order valence-electron chi connectivity index (χ4n) is 2.34. The summed E-state index contributed by atoms with van der Waals surface area (Å²) in [6, 6.07) is 7.62. The van der Waals surface area contributed by atoms with Gasteiger partial charge in [-0.25, -0.2) is 0 Å². The minimum Gasteiger partial charge on any atom is -0.389 e. The summed E-state index contributed by atoms with van der Waals surface area (Å²) in [6.07, 6.45) is -1.92. The van der Waals surface area contributed by atoms with Crippen molar-refractivity contribution >= 4 is 22.6 Å². The first kappa shape index (κ1) is 16.3. The van der Waals surface area contributed by atoms with Gasteiger partial charge in [0.25, 0.3) is 0 Å². The maximum atomic E-state index is 10.9. The molecule has 6 heteroatoms. The van der Waals surface area contributed by atoms with Gasteiger partial charge < -0.3 is 20.4 Å². The third-order valence-electron chi connectivity index (χ3n) is 3.52. The van der Waals surface area contributed by atoms with Crippen LogP contribution in [0.5, 0.6) is 0 Å². The second kappa shape index (κ2) is 7.79. The number of anilines is 1. The van der Waals surface area contributed by atoms with Crippen molar-refractivity contribution in [2.75, 3.05) is 36.8 Å². The zero-order chi connectivity index (χ0) is 15.2. The summed E-state index contributed by atoms with van der Waals surface area (Å²) in [5.74, 6) is 0.203. The summed E-state index contributed by atoms with van der Waals surface area (Å²) < 4.78 is 0. The Balaban J connectivity index is 2.03. The molecule has 0 amide bonds. The Kier molecular flexibility index (Phi) is 6.05. The first-order valence-electron chi connectivity index (χ1n) is 7.13. The molecule has 0 aromatic heterocycles. The van der Waals surface area contributed by atoms with Crippen LogP contribution in [-0.4, -0.2) is 53.4 Å². The molecule has 1 aliphatic heterocycles. The number of carbonyl (C=O) groups excluding carboxylic acids is 1. The minimum atomic E-state index is -0.972. The van der Waals surface area contributed by atoms with E-state index < -0.39 is 12.2 Å². The highest BCUT2D eigenvalue weighted by Crippen LogP contribution is 2.24. The Labute approximate surface area is 129 Å².